The second-order valence-corrected chi connectivity index (χ2v) is 8.46. The molecule has 0 bridgehead atoms. The van der Waals surface area contributed by atoms with Gasteiger partial charge in [0.25, 0.3) is 0 Å². The zero-order valence-electron chi connectivity index (χ0n) is 12.8. The van der Waals surface area contributed by atoms with Crippen LogP contribution in [0.1, 0.15) is 33.1 Å². The predicted octanol–water partition coefficient (Wildman–Crippen LogP) is -3.95. The number of aliphatic hydroxyl groups is 1. The monoisotopic (exact) mass is 359 g/mol. The Morgan fingerprint density at radius 3 is 1.95 bits per heavy atom. The minimum absolute atomic E-state index is 0. The van der Waals surface area contributed by atoms with Crippen molar-refractivity contribution in [2.45, 2.75) is 44.2 Å². The third-order valence-corrected chi connectivity index (χ3v) is 7.16. The summed E-state index contributed by atoms with van der Waals surface area (Å²) in [6.45, 7) is 3.46. The second kappa shape index (κ2) is 10.1. The van der Waals surface area contributed by atoms with Gasteiger partial charge in [0.15, 0.2) is 7.60 Å². The van der Waals surface area contributed by atoms with Crippen molar-refractivity contribution in [2.24, 2.45) is 0 Å². The van der Waals surface area contributed by atoms with E-state index in [4.69, 9.17) is 14.7 Å². The van der Waals surface area contributed by atoms with E-state index < -0.39 is 26.3 Å². The Labute approximate surface area is 146 Å². The first-order chi connectivity index (χ1) is 8.39. The van der Waals surface area contributed by atoms with Crippen molar-refractivity contribution >= 4 is 15.2 Å². The second-order valence-electron chi connectivity index (χ2n) is 4.62. The van der Waals surface area contributed by atoms with Crippen LogP contribution in [-0.4, -0.2) is 54.9 Å². The van der Waals surface area contributed by atoms with E-state index in [0.717, 1.165) is 19.8 Å². The van der Waals surface area contributed by atoms with Crippen LogP contribution < -0.4 is 34.5 Å². The van der Waals surface area contributed by atoms with Gasteiger partial charge in [-0.05, 0) is 26.9 Å². The summed E-state index contributed by atoms with van der Waals surface area (Å²) in [5.41, 5.74) is 0. The van der Waals surface area contributed by atoms with Crippen LogP contribution in [0.15, 0.2) is 0 Å². The maximum atomic E-state index is 11.3. The maximum absolute atomic E-state index is 11.3. The van der Waals surface area contributed by atoms with E-state index >= 15 is 0 Å². The molecule has 21 heavy (non-hydrogen) atoms. The first kappa shape index (κ1) is 27.0. The zero-order chi connectivity index (χ0) is 15.5. The fraction of sp³-hybridized carbons (Fsp3) is 1.00. The van der Waals surface area contributed by atoms with E-state index in [9.17, 15) is 19.1 Å². The predicted molar refractivity (Wildman–Crippen MR) is 72.1 cm³/mol. The summed E-state index contributed by atoms with van der Waals surface area (Å²) in [7, 11) is -9.70. The molecule has 3 unspecified atom stereocenters. The van der Waals surface area contributed by atoms with E-state index in [1.807, 2.05) is 6.92 Å². The van der Waals surface area contributed by atoms with Gasteiger partial charge in [-0.15, -0.1) is 0 Å². The summed E-state index contributed by atoms with van der Waals surface area (Å²) in [5, 5.41) is 6.35. The van der Waals surface area contributed by atoms with Gasteiger partial charge < -0.3 is 34.7 Å². The van der Waals surface area contributed by atoms with Crippen LogP contribution in [0.4, 0.5) is 0 Å². The van der Waals surface area contributed by atoms with Crippen LogP contribution >= 0.6 is 15.2 Å². The molecular weight excluding hydrogens is 335 g/mol. The summed E-state index contributed by atoms with van der Waals surface area (Å²) in [6, 6.07) is -1.45. The van der Waals surface area contributed by atoms with Crippen molar-refractivity contribution in [3.63, 3.8) is 0 Å². The molecule has 0 amide bonds. The molecule has 0 saturated carbocycles. The minimum Gasteiger partial charge on any atom is -0.776 e. The molecule has 9 nitrogen and oxygen atoms in total. The average Bonchev–Trinajstić information content (AvgIpc) is 2.24. The SMILES string of the molecule is CCCCCN(C)C(C)C(O)(P(=O)([O-])O)P(=O)(O)O.O.[Na+]. The third kappa shape index (κ3) is 6.67. The third-order valence-electron chi connectivity index (χ3n) is 3.18. The first-order valence-corrected chi connectivity index (χ1v) is 9.10. The Bertz CT molecular complexity index is 362. The molecule has 12 heteroatoms. The molecule has 0 fully saturated rings. The number of likely N-dealkylation sites (N-methyl/N-ethyl adjacent to an activating group) is 1. The van der Waals surface area contributed by atoms with Crippen LogP contribution in [0.3, 0.4) is 0 Å². The number of hydrogen-bond donors (Lipinski definition) is 4. The Morgan fingerprint density at radius 2 is 1.67 bits per heavy atom. The topological polar surface area (TPSA) is 173 Å². The quantitative estimate of drug-likeness (QED) is 0.193. The van der Waals surface area contributed by atoms with Crippen molar-refractivity contribution in [2.75, 3.05) is 13.6 Å². The molecule has 0 aromatic rings. The van der Waals surface area contributed by atoms with Gasteiger partial charge in [0.05, 0.1) is 6.04 Å². The van der Waals surface area contributed by atoms with E-state index in [1.165, 1.54) is 11.9 Å². The molecule has 0 aliphatic heterocycles. The Kier molecular flexibility index (Phi) is 13.0. The van der Waals surface area contributed by atoms with E-state index in [1.54, 1.807) is 0 Å². The Hall–Kier alpha value is 1.18. The standard InChI is InChI=1S/C9H23NO7P2.Na.H2O/c1-4-5-6-7-10(3)8(2)9(11,18(12,13)14)19(15,16)17;;/h8,11H,4-7H2,1-3H3,(H2,12,13,14)(H2,15,16,17);;1H2/q;+1;/p-1. The molecule has 0 aliphatic carbocycles. The molecule has 124 valence electrons. The molecule has 0 rings (SSSR count). The van der Waals surface area contributed by atoms with Gasteiger partial charge in [-0.2, -0.15) is 0 Å². The number of unbranched alkanes of at least 4 members (excludes halogenated alkanes) is 2. The number of nitrogens with zero attached hydrogens (tertiary/aromatic N) is 1. The van der Waals surface area contributed by atoms with Crippen LogP contribution in [-0.2, 0) is 9.13 Å². The van der Waals surface area contributed by atoms with E-state index in [-0.39, 0.29) is 35.0 Å². The summed E-state index contributed by atoms with van der Waals surface area (Å²) in [5.74, 6) is 0. The van der Waals surface area contributed by atoms with Gasteiger partial charge in [0, 0.05) is 0 Å². The summed E-state index contributed by atoms with van der Waals surface area (Å²) in [6.07, 6.45) is 2.47. The Balaban J connectivity index is -0.00000162. The van der Waals surface area contributed by atoms with Gasteiger partial charge in [0.2, 0.25) is 5.08 Å². The van der Waals surface area contributed by atoms with Crippen molar-refractivity contribution < 1.29 is 68.8 Å². The molecular formula is C9H24NNaO8P2. The molecule has 6 N–H and O–H groups in total. The normalized spacial score (nSPS) is 18.9. The first-order valence-electron chi connectivity index (χ1n) is 5.91. The van der Waals surface area contributed by atoms with Crippen LogP contribution in [0.2, 0.25) is 0 Å². The summed E-state index contributed by atoms with van der Waals surface area (Å²) < 4.78 is 22.5. The summed E-state index contributed by atoms with van der Waals surface area (Å²) in [4.78, 5) is 39.6. The molecule has 3 atom stereocenters. The van der Waals surface area contributed by atoms with Gasteiger partial charge in [0.1, 0.15) is 0 Å². The number of hydrogen-bond acceptors (Lipinski definition) is 5. The molecule has 0 aromatic carbocycles. The molecule has 0 aliphatic rings. The zero-order valence-corrected chi connectivity index (χ0v) is 16.5. The number of rotatable bonds is 8. The Morgan fingerprint density at radius 1 is 1.24 bits per heavy atom. The van der Waals surface area contributed by atoms with Gasteiger partial charge in [-0.25, -0.2) is 0 Å². The van der Waals surface area contributed by atoms with Gasteiger partial charge >= 0.3 is 37.2 Å². The van der Waals surface area contributed by atoms with Crippen molar-refractivity contribution in [1.29, 1.82) is 0 Å². The van der Waals surface area contributed by atoms with E-state index in [2.05, 4.69) is 0 Å². The summed E-state index contributed by atoms with van der Waals surface area (Å²) >= 11 is 0. The fourth-order valence-corrected chi connectivity index (χ4v) is 4.41. The smallest absolute Gasteiger partial charge is 0.776 e. The van der Waals surface area contributed by atoms with Crippen LogP contribution in [0, 0.1) is 0 Å². The van der Waals surface area contributed by atoms with Crippen molar-refractivity contribution in [3.8, 4) is 0 Å². The largest absolute Gasteiger partial charge is 1.00 e. The molecule has 0 aromatic heterocycles. The molecule has 0 radical (unpaired) electrons. The van der Waals surface area contributed by atoms with Gasteiger partial charge in [-0.3, -0.25) is 9.46 Å². The van der Waals surface area contributed by atoms with Gasteiger partial charge in [-0.1, -0.05) is 19.8 Å². The maximum Gasteiger partial charge on any atom is 1.00 e. The van der Waals surface area contributed by atoms with E-state index in [0.29, 0.717) is 13.0 Å². The molecule has 0 spiro atoms. The van der Waals surface area contributed by atoms with Crippen molar-refractivity contribution in [1.82, 2.24) is 4.90 Å². The van der Waals surface area contributed by atoms with Crippen LogP contribution in [0.5, 0.6) is 0 Å². The average molecular weight is 359 g/mol. The van der Waals surface area contributed by atoms with Crippen LogP contribution in [0.25, 0.3) is 0 Å². The van der Waals surface area contributed by atoms with Crippen molar-refractivity contribution in [3.05, 3.63) is 0 Å². The molecule has 0 heterocycles. The molecule has 0 saturated heterocycles. The minimum atomic E-state index is -5.66. The fourth-order valence-electron chi connectivity index (χ4n) is 1.74.